The number of aryl methyl sites for hydroxylation is 1. The summed E-state index contributed by atoms with van der Waals surface area (Å²) in [7, 11) is 3.13. The molecule has 2 N–H and O–H groups in total. The van der Waals surface area contributed by atoms with Crippen LogP contribution in [0.15, 0.2) is 58.9 Å². The smallest absolute Gasteiger partial charge is 0.255 e. The van der Waals surface area contributed by atoms with E-state index in [-0.39, 0.29) is 17.6 Å². The highest BCUT2D eigenvalue weighted by atomic mass is 16.5. The lowest BCUT2D eigenvalue weighted by Crippen LogP contribution is -2.37. The van der Waals surface area contributed by atoms with Crippen molar-refractivity contribution in [2.75, 3.05) is 19.5 Å². The fourth-order valence-corrected chi connectivity index (χ4v) is 4.78. The quantitative estimate of drug-likeness (QED) is 0.712. The lowest BCUT2D eigenvalue weighted by Gasteiger charge is -2.36. The summed E-state index contributed by atoms with van der Waals surface area (Å²) in [6.07, 6.45) is 1.19. The fourth-order valence-electron chi connectivity index (χ4n) is 4.78. The largest absolute Gasteiger partial charge is 0.493 e. The number of hydrogen-bond acceptors (Lipinski definition) is 6. The second kappa shape index (κ2) is 9.10. The third-order valence-electron chi connectivity index (χ3n) is 6.15. The second-order valence-corrected chi connectivity index (χ2v) is 8.63. The first-order chi connectivity index (χ1) is 15.8. The first-order valence-corrected chi connectivity index (χ1v) is 11.0. The number of carbonyl (C=O) groups is 2. The maximum absolute atomic E-state index is 13.6. The highest BCUT2D eigenvalue weighted by Crippen LogP contribution is 2.48. The number of methoxy groups -OCH3 is 2. The van der Waals surface area contributed by atoms with Crippen molar-refractivity contribution in [1.82, 2.24) is 10.3 Å². The third-order valence-corrected chi connectivity index (χ3v) is 6.15. The van der Waals surface area contributed by atoms with Crippen LogP contribution in [0.5, 0.6) is 11.5 Å². The van der Waals surface area contributed by atoms with Gasteiger partial charge in [0.2, 0.25) is 0 Å². The molecule has 2 aliphatic rings. The molecule has 1 aromatic heterocycles. The van der Waals surface area contributed by atoms with Gasteiger partial charge in [-0.05, 0) is 44.4 Å². The van der Waals surface area contributed by atoms with Crippen LogP contribution >= 0.6 is 0 Å². The first kappa shape index (κ1) is 22.6. The van der Waals surface area contributed by atoms with Crippen molar-refractivity contribution in [1.29, 1.82) is 0 Å². The Morgan fingerprint density at radius 1 is 1.09 bits per heavy atom. The van der Waals surface area contributed by atoms with Crippen molar-refractivity contribution in [2.45, 2.75) is 39.5 Å². The summed E-state index contributed by atoms with van der Waals surface area (Å²) >= 11 is 0. The van der Waals surface area contributed by atoms with Crippen LogP contribution < -0.4 is 20.1 Å². The molecule has 2 heterocycles. The number of allylic oxidation sites excluding steroid dienone is 3. The maximum atomic E-state index is 13.6. The Balaban J connectivity index is 1.87. The monoisotopic (exact) mass is 447 g/mol. The molecule has 7 nitrogen and oxygen atoms in total. The molecule has 172 valence electrons. The summed E-state index contributed by atoms with van der Waals surface area (Å²) in [4.78, 5) is 31.3. The van der Waals surface area contributed by atoms with Crippen molar-refractivity contribution in [3.05, 3.63) is 70.2 Å². The third kappa shape index (κ3) is 4.23. The van der Waals surface area contributed by atoms with Crippen LogP contribution in [0.2, 0.25) is 0 Å². The van der Waals surface area contributed by atoms with Crippen molar-refractivity contribution in [3.8, 4) is 11.5 Å². The van der Waals surface area contributed by atoms with Gasteiger partial charge in [-0.1, -0.05) is 25.1 Å². The van der Waals surface area contributed by atoms with E-state index in [1.54, 1.807) is 26.4 Å². The Kier molecular flexibility index (Phi) is 6.22. The highest BCUT2D eigenvalue weighted by Gasteiger charge is 2.41. The van der Waals surface area contributed by atoms with Gasteiger partial charge in [-0.15, -0.1) is 0 Å². The molecule has 4 rings (SSSR count). The zero-order valence-electron chi connectivity index (χ0n) is 19.6. The number of ketones is 1. The standard InChI is InChI=1S/C26H29N3O4/c1-14-12-18-24(19(30)13-14)23(17-9-7-10-20(32-4)25(17)33-5)22(16(3)28-18)26(31)29-21-11-6-8-15(2)27-21/h6-11,14,23,28H,12-13H2,1-5H3,(H,27,29,31)/t14-,23+/m0/s1. The Bertz CT molecular complexity index is 1180. The van der Waals surface area contributed by atoms with Crippen LogP contribution in [0.3, 0.4) is 0 Å². The zero-order chi connectivity index (χ0) is 23.7. The predicted molar refractivity (Wildman–Crippen MR) is 126 cm³/mol. The highest BCUT2D eigenvalue weighted by molar-refractivity contribution is 6.09. The van der Waals surface area contributed by atoms with Gasteiger partial charge >= 0.3 is 0 Å². The molecule has 2 atom stereocenters. The van der Waals surface area contributed by atoms with Gasteiger partial charge in [-0.25, -0.2) is 4.98 Å². The molecule has 1 aromatic carbocycles. The van der Waals surface area contributed by atoms with E-state index in [2.05, 4.69) is 22.5 Å². The van der Waals surface area contributed by atoms with E-state index in [0.29, 0.717) is 40.6 Å². The number of Topliss-reactive ketones (excluding diaryl/α,β-unsaturated/α-hetero) is 1. The average molecular weight is 448 g/mol. The van der Waals surface area contributed by atoms with Crippen molar-refractivity contribution < 1.29 is 19.1 Å². The van der Waals surface area contributed by atoms with Crippen LogP contribution in [0.1, 0.15) is 43.9 Å². The zero-order valence-corrected chi connectivity index (χ0v) is 19.6. The van der Waals surface area contributed by atoms with Crippen molar-refractivity contribution >= 4 is 17.5 Å². The number of anilines is 1. The van der Waals surface area contributed by atoms with E-state index in [0.717, 1.165) is 23.4 Å². The second-order valence-electron chi connectivity index (χ2n) is 8.63. The van der Waals surface area contributed by atoms with Gasteiger partial charge in [0.1, 0.15) is 5.82 Å². The molecular formula is C26H29N3O4. The molecule has 1 amide bonds. The summed E-state index contributed by atoms with van der Waals surface area (Å²) in [6.45, 7) is 5.80. The summed E-state index contributed by atoms with van der Waals surface area (Å²) in [5.41, 5.74) is 4.18. The molecule has 0 spiro atoms. The Labute approximate surface area is 193 Å². The van der Waals surface area contributed by atoms with Crippen molar-refractivity contribution in [3.63, 3.8) is 0 Å². The number of dihydropyridines is 1. The molecular weight excluding hydrogens is 418 g/mol. The van der Waals surface area contributed by atoms with Crippen LogP contribution in [-0.4, -0.2) is 30.9 Å². The van der Waals surface area contributed by atoms with Gasteiger partial charge in [0.15, 0.2) is 17.3 Å². The predicted octanol–water partition coefficient (Wildman–Crippen LogP) is 4.26. The molecule has 0 saturated carbocycles. The van der Waals surface area contributed by atoms with Gasteiger partial charge in [0.05, 0.1) is 20.1 Å². The number of carbonyl (C=O) groups excluding carboxylic acids is 2. The minimum atomic E-state index is -0.587. The molecule has 2 aromatic rings. The van der Waals surface area contributed by atoms with Crippen LogP contribution in [0.25, 0.3) is 0 Å². The van der Waals surface area contributed by atoms with Gasteiger partial charge in [0.25, 0.3) is 5.91 Å². The van der Waals surface area contributed by atoms with E-state index in [4.69, 9.17) is 9.47 Å². The number of rotatable bonds is 5. The molecule has 7 heteroatoms. The van der Waals surface area contributed by atoms with Gasteiger partial charge in [-0.2, -0.15) is 0 Å². The minimum absolute atomic E-state index is 0.0394. The number of benzene rings is 1. The van der Waals surface area contributed by atoms with E-state index in [1.807, 2.05) is 38.1 Å². The molecule has 0 bridgehead atoms. The average Bonchev–Trinajstić information content (AvgIpc) is 2.77. The molecule has 1 aliphatic carbocycles. The molecule has 0 saturated heterocycles. The molecule has 0 fully saturated rings. The number of hydrogen-bond donors (Lipinski definition) is 2. The molecule has 0 radical (unpaired) electrons. The topological polar surface area (TPSA) is 89.5 Å². The number of aromatic nitrogens is 1. The number of amides is 1. The number of nitrogens with one attached hydrogen (secondary N) is 2. The summed E-state index contributed by atoms with van der Waals surface area (Å²) in [5, 5.41) is 6.27. The van der Waals surface area contributed by atoms with Crippen LogP contribution in [-0.2, 0) is 9.59 Å². The van der Waals surface area contributed by atoms with Crippen LogP contribution in [0, 0.1) is 12.8 Å². The first-order valence-electron chi connectivity index (χ1n) is 11.0. The van der Waals surface area contributed by atoms with Crippen LogP contribution in [0.4, 0.5) is 5.82 Å². The van der Waals surface area contributed by atoms with Gasteiger partial charge < -0.3 is 20.1 Å². The number of pyridine rings is 1. The summed E-state index contributed by atoms with van der Waals surface area (Å²) < 4.78 is 11.2. The molecule has 33 heavy (non-hydrogen) atoms. The SMILES string of the molecule is COc1cccc([C@@H]2C(C(=O)Nc3cccc(C)n3)=C(C)NC3=C2C(=O)C[C@@H](C)C3)c1OC. The van der Waals surface area contributed by atoms with E-state index in [1.165, 1.54) is 0 Å². The Morgan fingerprint density at radius 3 is 2.55 bits per heavy atom. The number of ether oxygens (including phenoxy) is 2. The lowest BCUT2D eigenvalue weighted by molar-refractivity contribution is -0.117. The number of para-hydroxylation sites is 1. The summed E-state index contributed by atoms with van der Waals surface area (Å²) in [5.74, 6) is 0.887. The maximum Gasteiger partial charge on any atom is 0.255 e. The minimum Gasteiger partial charge on any atom is -0.493 e. The van der Waals surface area contributed by atoms with Gasteiger partial charge in [0, 0.05) is 40.2 Å². The van der Waals surface area contributed by atoms with E-state index < -0.39 is 5.92 Å². The summed E-state index contributed by atoms with van der Waals surface area (Å²) in [6, 6.07) is 11.0. The fraction of sp³-hybridized carbons (Fsp3) is 0.346. The molecule has 1 aliphatic heterocycles. The van der Waals surface area contributed by atoms with Crippen molar-refractivity contribution in [2.24, 2.45) is 5.92 Å². The normalized spacial score (nSPS) is 20.2. The Morgan fingerprint density at radius 2 is 1.85 bits per heavy atom. The van der Waals surface area contributed by atoms with E-state index >= 15 is 0 Å². The lowest BCUT2D eigenvalue weighted by atomic mass is 9.72. The number of nitrogens with zero attached hydrogens (tertiary/aromatic N) is 1. The Hall–Kier alpha value is -3.61. The van der Waals surface area contributed by atoms with Gasteiger partial charge in [-0.3, -0.25) is 9.59 Å². The van der Waals surface area contributed by atoms with E-state index in [9.17, 15) is 9.59 Å². The molecule has 0 unspecified atom stereocenters.